The fourth-order valence-corrected chi connectivity index (χ4v) is 6.45. The van der Waals surface area contributed by atoms with Crippen molar-refractivity contribution in [2.45, 2.75) is 52.4 Å². The van der Waals surface area contributed by atoms with Crippen molar-refractivity contribution in [3.63, 3.8) is 0 Å². The molecule has 1 heterocycles. The first-order valence-electron chi connectivity index (χ1n) is 15.8. The van der Waals surface area contributed by atoms with Crippen molar-refractivity contribution in [1.82, 2.24) is 9.97 Å². The highest BCUT2D eigenvalue weighted by atomic mass is 15.1. The Balaban J connectivity index is 1.31. The zero-order valence-corrected chi connectivity index (χ0v) is 27.6. The number of hydrogen-bond acceptors (Lipinski definition) is 3. The lowest BCUT2D eigenvalue weighted by Crippen LogP contribution is -2.14. The lowest BCUT2D eigenvalue weighted by molar-refractivity contribution is 0.590. The molecule has 228 valence electrons. The third-order valence-corrected chi connectivity index (χ3v) is 9.04. The van der Waals surface area contributed by atoms with Crippen LogP contribution in [-0.2, 0) is 10.8 Å². The van der Waals surface area contributed by atoms with Crippen LogP contribution in [0.1, 0.15) is 52.7 Å². The van der Waals surface area contributed by atoms with Gasteiger partial charge in [-0.25, -0.2) is 0 Å². The van der Waals surface area contributed by atoms with Gasteiger partial charge in [0.25, 0.3) is 11.6 Å². The predicted molar refractivity (Wildman–Crippen MR) is 194 cm³/mol. The van der Waals surface area contributed by atoms with Crippen LogP contribution in [0, 0.1) is 13.1 Å². The number of rotatable bonds is 4. The normalized spacial score (nSPS) is 12.0. The third kappa shape index (κ3) is 5.11. The Morgan fingerprint density at radius 1 is 0.511 bits per heavy atom. The van der Waals surface area contributed by atoms with Crippen molar-refractivity contribution >= 4 is 39.5 Å². The van der Waals surface area contributed by atoms with Crippen LogP contribution in [0.4, 0.5) is 28.7 Å². The molecule has 0 spiro atoms. The van der Waals surface area contributed by atoms with Crippen LogP contribution in [0.5, 0.6) is 0 Å². The van der Waals surface area contributed by atoms with Gasteiger partial charge in [-0.3, -0.25) is 0 Å². The van der Waals surface area contributed by atoms with E-state index < -0.39 is 0 Å². The monoisotopic (exact) mass is 609 g/mol. The van der Waals surface area contributed by atoms with Crippen LogP contribution in [0.2, 0.25) is 0 Å². The van der Waals surface area contributed by atoms with Crippen molar-refractivity contribution in [1.29, 1.82) is 0 Å². The van der Waals surface area contributed by atoms with Crippen molar-refractivity contribution in [2.75, 3.05) is 4.90 Å². The van der Waals surface area contributed by atoms with E-state index in [2.05, 4.69) is 157 Å². The maximum absolute atomic E-state index is 7.50. The topological polar surface area (TPSA) is 37.7 Å². The molecule has 0 aliphatic heterocycles. The fourth-order valence-electron chi connectivity index (χ4n) is 6.45. The van der Waals surface area contributed by atoms with E-state index in [0.717, 1.165) is 50.1 Å². The van der Waals surface area contributed by atoms with Crippen LogP contribution in [0.25, 0.3) is 54.1 Å². The first kappa shape index (κ1) is 29.9. The van der Waals surface area contributed by atoms with Crippen molar-refractivity contribution < 1.29 is 0 Å². The first-order chi connectivity index (χ1) is 22.5. The van der Waals surface area contributed by atoms with Gasteiger partial charge in [0, 0.05) is 33.6 Å². The molecule has 0 atom stereocenters. The molecule has 1 aliphatic carbocycles. The van der Waals surface area contributed by atoms with Gasteiger partial charge in [0.05, 0.1) is 0 Å². The highest BCUT2D eigenvalue weighted by Crippen LogP contribution is 2.49. The number of benzene rings is 5. The summed E-state index contributed by atoms with van der Waals surface area (Å²) in [5.74, 6) is 0.0926. The van der Waals surface area contributed by atoms with Gasteiger partial charge in [-0.05, 0) is 87.0 Å². The van der Waals surface area contributed by atoms with Crippen molar-refractivity contribution in [3.05, 3.63) is 137 Å². The summed E-state index contributed by atoms with van der Waals surface area (Å²) in [5.41, 5.74) is 11.5. The van der Waals surface area contributed by atoms with Gasteiger partial charge in [-0.2, -0.15) is 0 Å². The zero-order valence-electron chi connectivity index (χ0n) is 27.6. The average molecular weight is 610 g/mol. The van der Waals surface area contributed by atoms with Gasteiger partial charge in [-0.15, -0.1) is 9.97 Å². The van der Waals surface area contributed by atoms with E-state index in [1.165, 1.54) is 11.1 Å². The Hall–Kier alpha value is -5.78. The highest BCUT2D eigenvalue weighted by Gasteiger charge is 2.32. The standard InChI is InChI=1S/C42H35N5/c1-41(2,3)27-14-20-30(21-15-27)47(31-22-16-28(17-23-31)42(4,5)6)29-18-12-26(13-19-29)32-24-25-35-36-33(32)10-9-11-34(36)37-38(35)46-40(44-8)39(43-7)45-37/h9-25H,1-6H3. The minimum Gasteiger partial charge on any atom is -0.370 e. The highest BCUT2D eigenvalue weighted by molar-refractivity contribution is 6.17. The summed E-state index contributed by atoms with van der Waals surface area (Å²) in [6.45, 7) is 28.5. The SMILES string of the molecule is [C-]#[N+]c1nc2c(nc1[N+]#[C-])-c1ccc(-c3ccc(N(c4ccc(C(C)(C)C)cc4)c4ccc(C(C)(C)C)cc4)cc3)c3cccc-2c13. The lowest BCUT2D eigenvalue weighted by atomic mass is 9.86. The van der Waals surface area contributed by atoms with Gasteiger partial charge in [0.1, 0.15) is 0 Å². The summed E-state index contributed by atoms with van der Waals surface area (Å²) in [6.07, 6.45) is 0. The van der Waals surface area contributed by atoms with Gasteiger partial charge < -0.3 is 14.6 Å². The number of anilines is 3. The molecule has 0 unspecified atom stereocenters. The molecule has 5 heteroatoms. The third-order valence-electron chi connectivity index (χ3n) is 9.04. The number of fused-ring (bicyclic) bond motifs is 3. The maximum Gasteiger partial charge on any atom is 0.294 e. The molecular formula is C42H35N5. The quantitative estimate of drug-likeness (QED) is 0.186. The Bertz CT molecular complexity index is 2150. The Morgan fingerprint density at radius 2 is 0.936 bits per heavy atom. The van der Waals surface area contributed by atoms with Crippen LogP contribution >= 0.6 is 0 Å². The molecule has 0 amide bonds. The molecule has 0 saturated heterocycles. The molecule has 6 aromatic rings. The van der Waals surface area contributed by atoms with Crippen LogP contribution < -0.4 is 4.90 Å². The smallest absolute Gasteiger partial charge is 0.294 e. The van der Waals surface area contributed by atoms with E-state index in [1.807, 2.05) is 12.1 Å². The van der Waals surface area contributed by atoms with E-state index in [-0.39, 0.29) is 22.5 Å². The summed E-state index contributed by atoms with van der Waals surface area (Å²) in [6, 6.07) is 36.9. The second kappa shape index (κ2) is 10.9. The number of nitrogens with zero attached hydrogens (tertiary/aromatic N) is 5. The lowest BCUT2D eigenvalue weighted by Gasteiger charge is -2.28. The molecule has 1 aromatic heterocycles. The van der Waals surface area contributed by atoms with E-state index in [4.69, 9.17) is 13.1 Å². The summed E-state index contributed by atoms with van der Waals surface area (Å²) in [5, 5.41) is 2.15. The minimum absolute atomic E-state index is 0.0463. The molecular weight excluding hydrogens is 574 g/mol. The average Bonchev–Trinajstić information content (AvgIpc) is 3.38. The summed E-state index contributed by atoms with van der Waals surface area (Å²) >= 11 is 0. The van der Waals surface area contributed by atoms with Crippen LogP contribution in [0.15, 0.2) is 103 Å². The molecule has 47 heavy (non-hydrogen) atoms. The van der Waals surface area contributed by atoms with E-state index in [9.17, 15) is 0 Å². The summed E-state index contributed by atoms with van der Waals surface area (Å²) in [7, 11) is 0. The van der Waals surface area contributed by atoms with Crippen molar-refractivity contribution in [2.24, 2.45) is 0 Å². The van der Waals surface area contributed by atoms with Crippen LogP contribution in [0.3, 0.4) is 0 Å². The first-order valence-corrected chi connectivity index (χ1v) is 15.8. The summed E-state index contributed by atoms with van der Waals surface area (Å²) in [4.78, 5) is 18.4. The molecule has 0 N–H and O–H groups in total. The largest absolute Gasteiger partial charge is 0.370 e. The second-order valence-corrected chi connectivity index (χ2v) is 14.2. The van der Waals surface area contributed by atoms with E-state index >= 15 is 0 Å². The molecule has 0 fully saturated rings. The zero-order chi connectivity index (χ0) is 33.1. The number of aromatic nitrogens is 2. The van der Waals surface area contributed by atoms with Crippen LogP contribution in [-0.4, -0.2) is 9.97 Å². The molecule has 0 saturated carbocycles. The Morgan fingerprint density at radius 3 is 1.38 bits per heavy atom. The van der Waals surface area contributed by atoms with Gasteiger partial charge in [0.15, 0.2) is 0 Å². The summed E-state index contributed by atoms with van der Waals surface area (Å²) < 4.78 is 0. The van der Waals surface area contributed by atoms with Gasteiger partial charge >= 0.3 is 0 Å². The van der Waals surface area contributed by atoms with E-state index in [1.54, 1.807) is 0 Å². The second-order valence-electron chi connectivity index (χ2n) is 14.2. The molecule has 0 bridgehead atoms. The minimum atomic E-state index is 0.0463. The van der Waals surface area contributed by atoms with Gasteiger partial charge in [0.2, 0.25) is 11.4 Å². The molecule has 7 rings (SSSR count). The Kier molecular flexibility index (Phi) is 6.96. The van der Waals surface area contributed by atoms with E-state index in [0.29, 0.717) is 11.4 Å². The fraction of sp³-hybridized carbons (Fsp3) is 0.190. The predicted octanol–water partition coefficient (Wildman–Crippen LogP) is 12.1. The molecule has 5 nitrogen and oxygen atoms in total. The molecule has 0 radical (unpaired) electrons. The van der Waals surface area contributed by atoms with Gasteiger partial charge in [-0.1, -0.05) is 109 Å². The molecule has 5 aromatic carbocycles. The maximum atomic E-state index is 7.50. The Labute approximate surface area is 276 Å². The number of hydrogen-bond donors (Lipinski definition) is 0. The van der Waals surface area contributed by atoms with Crippen molar-refractivity contribution in [3.8, 4) is 33.6 Å². The molecule has 1 aliphatic rings.